The maximum atomic E-state index is 11.4. The van der Waals surface area contributed by atoms with Crippen LogP contribution in [-0.4, -0.2) is 52.7 Å². The molecule has 16 heavy (non-hydrogen) atoms. The lowest BCUT2D eigenvalue weighted by molar-refractivity contribution is -0.128. The maximum absolute atomic E-state index is 11.4. The first-order valence-electron chi connectivity index (χ1n) is 5.97. The highest BCUT2D eigenvalue weighted by Crippen LogP contribution is 2.40. The van der Waals surface area contributed by atoms with Crippen LogP contribution in [0.5, 0.6) is 0 Å². The molecule has 2 bridgehead atoms. The summed E-state index contributed by atoms with van der Waals surface area (Å²) < 4.78 is 2.48. The minimum Gasteiger partial charge on any atom is -0.349 e. The molecule has 5 heteroatoms. The Hall–Kier alpha value is 0.120. The summed E-state index contributed by atoms with van der Waals surface area (Å²) in [5.41, 5.74) is 0. The number of nitrogens with one attached hydrogen (secondary N) is 1. The molecule has 2 aliphatic heterocycles. The van der Waals surface area contributed by atoms with E-state index >= 15 is 0 Å². The third-order valence-electron chi connectivity index (χ3n) is 3.70. The molecule has 1 amide bonds. The van der Waals surface area contributed by atoms with E-state index in [2.05, 4.69) is 31.3 Å². The van der Waals surface area contributed by atoms with Gasteiger partial charge in [0.2, 0.25) is 5.91 Å². The fraction of sp³-hybridized carbons (Fsp3) is 0.909. The molecule has 2 fully saturated rings. The molecule has 3 atom stereocenters. The normalized spacial score (nSPS) is 33.3. The molecule has 4 nitrogen and oxygen atoms in total. The van der Waals surface area contributed by atoms with Crippen LogP contribution in [0.3, 0.4) is 0 Å². The predicted octanol–water partition coefficient (Wildman–Crippen LogP) is 1.01. The van der Waals surface area contributed by atoms with Crippen LogP contribution in [0.15, 0.2) is 0 Å². The summed E-state index contributed by atoms with van der Waals surface area (Å²) in [6.45, 7) is 0.815. The van der Waals surface area contributed by atoms with Gasteiger partial charge in [-0.1, -0.05) is 0 Å². The number of halogens is 1. The van der Waals surface area contributed by atoms with E-state index in [0.717, 1.165) is 12.6 Å². The highest BCUT2D eigenvalue weighted by molar-refractivity contribution is 14.1. The standard InChI is InChI=1S/C11H20IN3O/c1-14(2)11(16)5-6-13-9-7-8-3-4-10(9)15(8)12/h8-10,13H,3-7H2,1-2H3/t8-,9?,10-/m0/s1. The van der Waals surface area contributed by atoms with Gasteiger partial charge in [-0.05, 0) is 19.3 Å². The molecule has 0 aromatic rings. The predicted molar refractivity (Wildman–Crippen MR) is 72.4 cm³/mol. The Labute approximate surface area is 111 Å². The van der Waals surface area contributed by atoms with Gasteiger partial charge in [-0.3, -0.25) is 4.79 Å². The van der Waals surface area contributed by atoms with Gasteiger partial charge in [0.05, 0.1) is 0 Å². The zero-order valence-electron chi connectivity index (χ0n) is 9.95. The summed E-state index contributed by atoms with van der Waals surface area (Å²) in [4.78, 5) is 13.1. The molecule has 2 rings (SSSR count). The molecule has 92 valence electrons. The molecular formula is C11H20IN3O. The third kappa shape index (κ3) is 2.51. The Bertz CT molecular complexity index is 272. The summed E-state index contributed by atoms with van der Waals surface area (Å²) in [7, 11) is 3.62. The van der Waals surface area contributed by atoms with E-state index in [9.17, 15) is 4.79 Å². The van der Waals surface area contributed by atoms with Gasteiger partial charge >= 0.3 is 0 Å². The zero-order valence-corrected chi connectivity index (χ0v) is 12.1. The Morgan fingerprint density at radius 2 is 2.25 bits per heavy atom. The summed E-state index contributed by atoms with van der Waals surface area (Å²) in [6, 6.07) is 2.07. The first-order chi connectivity index (χ1) is 7.59. The van der Waals surface area contributed by atoms with E-state index < -0.39 is 0 Å². The Morgan fingerprint density at radius 1 is 1.50 bits per heavy atom. The minimum atomic E-state index is 0.210. The SMILES string of the molecule is CN(C)C(=O)CCNC1C[C@@H]2CC[C@@H]1N2I. The molecule has 2 heterocycles. The molecule has 0 spiro atoms. The van der Waals surface area contributed by atoms with Crippen LogP contribution < -0.4 is 5.32 Å². The van der Waals surface area contributed by atoms with Gasteiger partial charge < -0.3 is 10.2 Å². The van der Waals surface area contributed by atoms with Gasteiger partial charge in [0, 0.05) is 68.1 Å². The minimum absolute atomic E-state index is 0.210. The zero-order chi connectivity index (χ0) is 11.7. The Balaban J connectivity index is 1.70. The molecule has 2 aliphatic rings. The van der Waals surface area contributed by atoms with Crippen LogP contribution in [0.2, 0.25) is 0 Å². The van der Waals surface area contributed by atoms with Crippen LogP contribution in [0.25, 0.3) is 0 Å². The highest BCUT2D eigenvalue weighted by Gasteiger charge is 2.44. The lowest BCUT2D eigenvalue weighted by Crippen LogP contribution is -2.40. The van der Waals surface area contributed by atoms with E-state index in [1.807, 2.05) is 14.1 Å². The monoisotopic (exact) mass is 337 g/mol. The number of hydrogen-bond donors (Lipinski definition) is 1. The van der Waals surface area contributed by atoms with E-state index in [1.54, 1.807) is 4.90 Å². The van der Waals surface area contributed by atoms with Crippen molar-refractivity contribution >= 4 is 28.8 Å². The molecule has 1 unspecified atom stereocenters. The molecule has 1 N–H and O–H groups in total. The third-order valence-corrected chi connectivity index (χ3v) is 5.20. The van der Waals surface area contributed by atoms with Crippen LogP contribution in [-0.2, 0) is 4.79 Å². The first-order valence-corrected chi connectivity index (χ1v) is 6.93. The average Bonchev–Trinajstić information content (AvgIpc) is 2.74. The summed E-state index contributed by atoms with van der Waals surface area (Å²) in [5.74, 6) is 0.210. The van der Waals surface area contributed by atoms with Crippen LogP contribution in [0.4, 0.5) is 0 Å². The van der Waals surface area contributed by atoms with Crippen molar-refractivity contribution in [2.45, 2.75) is 43.8 Å². The van der Waals surface area contributed by atoms with E-state index in [1.165, 1.54) is 19.3 Å². The summed E-state index contributed by atoms with van der Waals surface area (Å²) in [5, 5.41) is 3.54. The molecule has 2 saturated heterocycles. The quantitative estimate of drug-likeness (QED) is 0.614. The van der Waals surface area contributed by atoms with Gasteiger partial charge in [0.15, 0.2) is 0 Å². The van der Waals surface area contributed by atoms with E-state index in [-0.39, 0.29) is 5.91 Å². The summed E-state index contributed by atoms with van der Waals surface area (Å²) >= 11 is 2.46. The second kappa shape index (κ2) is 5.18. The van der Waals surface area contributed by atoms with Crippen molar-refractivity contribution in [1.82, 2.24) is 13.3 Å². The summed E-state index contributed by atoms with van der Waals surface area (Å²) in [6.07, 6.45) is 4.53. The van der Waals surface area contributed by atoms with Crippen molar-refractivity contribution in [2.24, 2.45) is 0 Å². The molecular weight excluding hydrogens is 317 g/mol. The second-order valence-electron chi connectivity index (χ2n) is 4.98. The van der Waals surface area contributed by atoms with Crippen LogP contribution in [0, 0.1) is 0 Å². The van der Waals surface area contributed by atoms with Gasteiger partial charge in [-0.25, -0.2) is 3.11 Å². The number of carbonyl (C=O) groups excluding carboxylic acids is 1. The molecule has 0 aromatic heterocycles. The number of amides is 1. The molecule has 0 saturated carbocycles. The molecule has 0 aliphatic carbocycles. The fourth-order valence-electron chi connectivity index (χ4n) is 2.73. The van der Waals surface area contributed by atoms with Gasteiger partial charge in [0.1, 0.15) is 0 Å². The van der Waals surface area contributed by atoms with Crippen molar-refractivity contribution in [2.75, 3.05) is 20.6 Å². The second-order valence-corrected chi connectivity index (χ2v) is 6.09. The van der Waals surface area contributed by atoms with Crippen LogP contribution in [0.1, 0.15) is 25.7 Å². The van der Waals surface area contributed by atoms with Crippen molar-refractivity contribution < 1.29 is 4.79 Å². The topological polar surface area (TPSA) is 35.6 Å². The Kier molecular flexibility index (Phi) is 4.07. The lowest BCUT2D eigenvalue weighted by atomic mass is 9.95. The van der Waals surface area contributed by atoms with Crippen molar-refractivity contribution in [3.63, 3.8) is 0 Å². The number of rotatable bonds is 4. The van der Waals surface area contributed by atoms with Gasteiger partial charge in [0.25, 0.3) is 0 Å². The number of nitrogens with zero attached hydrogens (tertiary/aromatic N) is 2. The number of fused-ring (bicyclic) bond motifs is 2. The van der Waals surface area contributed by atoms with E-state index in [0.29, 0.717) is 18.5 Å². The average molecular weight is 337 g/mol. The molecule has 0 radical (unpaired) electrons. The molecule has 0 aromatic carbocycles. The number of carbonyl (C=O) groups is 1. The smallest absolute Gasteiger partial charge is 0.223 e. The fourth-order valence-corrected chi connectivity index (χ4v) is 3.90. The van der Waals surface area contributed by atoms with Crippen molar-refractivity contribution in [3.05, 3.63) is 0 Å². The highest BCUT2D eigenvalue weighted by atomic mass is 127. The Morgan fingerprint density at radius 3 is 2.75 bits per heavy atom. The van der Waals surface area contributed by atoms with Gasteiger partial charge in [-0.2, -0.15) is 0 Å². The van der Waals surface area contributed by atoms with Crippen molar-refractivity contribution in [1.29, 1.82) is 0 Å². The first kappa shape index (κ1) is 12.6. The van der Waals surface area contributed by atoms with Gasteiger partial charge in [-0.15, -0.1) is 0 Å². The van der Waals surface area contributed by atoms with Crippen molar-refractivity contribution in [3.8, 4) is 0 Å². The maximum Gasteiger partial charge on any atom is 0.223 e. The van der Waals surface area contributed by atoms with E-state index in [4.69, 9.17) is 0 Å². The number of hydrogen-bond acceptors (Lipinski definition) is 3. The largest absolute Gasteiger partial charge is 0.349 e. The van der Waals surface area contributed by atoms with Crippen LogP contribution >= 0.6 is 22.9 Å². The lowest BCUT2D eigenvalue weighted by Gasteiger charge is -2.22.